The van der Waals surface area contributed by atoms with E-state index in [-0.39, 0.29) is 12.3 Å². The Balaban J connectivity index is 1.81. The summed E-state index contributed by atoms with van der Waals surface area (Å²) in [6.45, 7) is 0.192. The lowest BCUT2D eigenvalue weighted by Gasteiger charge is -2.07. The van der Waals surface area contributed by atoms with Gasteiger partial charge in [0.2, 0.25) is 0 Å². The highest BCUT2D eigenvalue weighted by molar-refractivity contribution is 5.94. The number of benzene rings is 2. The Morgan fingerprint density at radius 2 is 1.64 bits per heavy atom. The van der Waals surface area contributed by atoms with Gasteiger partial charge in [0.1, 0.15) is 6.61 Å². The third-order valence-electron chi connectivity index (χ3n) is 3.13. The summed E-state index contributed by atoms with van der Waals surface area (Å²) in [5, 5.41) is 11.1. The Hall–Kier alpha value is -3.08. The van der Waals surface area contributed by atoms with Gasteiger partial charge in [-0.25, -0.2) is 4.79 Å². The summed E-state index contributed by atoms with van der Waals surface area (Å²) in [5.41, 5.74) is 2.53. The van der Waals surface area contributed by atoms with Gasteiger partial charge < -0.3 is 4.74 Å². The lowest BCUT2D eigenvalue weighted by molar-refractivity contribution is 0.0465. The van der Waals surface area contributed by atoms with E-state index < -0.39 is 5.97 Å². The van der Waals surface area contributed by atoms with Gasteiger partial charge >= 0.3 is 5.97 Å². The SMILES string of the molecule is O=C(OCc1ccccc1)c1nnncc1-c1ccccc1. The van der Waals surface area contributed by atoms with Gasteiger partial charge in [0, 0.05) is 5.56 Å². The normalized spacial score (nSPS) is 10.2. The highest BCUT2D eigenvalue weighted by Crippen LogP contribution is 2.21. The second kappa shape index (κ2) is 6.58. The van der Waals surface area contributed by atoms with E-state index in [4.69, 9.17) is 4.74 Å². The van der Waals surface area contributed by atoms with Gasteiger partial charge in [-0.1, -0.05) is 60.7 Å². The van der Waals surface area contributed by atoms with Crippen molar-refractivity contribution in [1.29, 1.82) is 0 Å². The monoisotopic (exact) mass is 291 g/mol. The summed E-state index contributed by atoms with van der Waals surface area (Å²) in [5.74, 6) is -0.516. The van der Waals surface area contributed by atoms with Crippen molar-refractivity contribution in [3.8, 4) is 11.1 Å². The van der Waals surface area contributed by atoms with Crippen LogP contribution in [0.3, 0.4) is 0 Å². The minimum atomic E-state index is -0.516. The number of carbonyl (C=O) groups excluding carboxylic acids is 1. The van der Waals surface area contributed by atoms with E-state index in [1.54, 1.807) is 0 Å². The molecule has 3 aromatic rings. The molecule has 0 aliphatic carbocycles. The molecule has 108 valence electrons. The molecule has 22 heavy (non-hydrogen) atoms. The minimum absolute atomic E-state index is 0.164. The molecule has 0 aliphatic heterocycles. The van der Waals surface area contributed by atoms with Gasteiger partial charge in [-0.2, -0.15) is 0 Å². The van der Waals surface area contributed by atoms with Gasteiger partial charge in [-0.05, 0) is 16.3 Å². The first-order valence-electron chi connectivity index (χ1n) is 6.79. The van der Waals surface area contributed by atoms with Gasteiger partial charge in [0.25, 0.3) is 0 Å². The highest BCUT2D eigenvalue weighted by atomic mass is 16.5. The van der Waals surface area contributed by atoms with Crippen LogP contribution < -0.4 is 0 Å². The fourth-order valence-electron chi connectivity index (χ4n) is 2.04. The maximum Gasteiger partial charge on any atom is 0.359 e. The summed E-state index contributed by atoms with van der Waals surface area (Å²) in [6, 6.07) is 18.9. The summed E-state index contributed by atoms with van der Waals surface area (Å²) >= 11 is 0. The lowest BCUT2D eigenvalue weighted by atomic mass is 10.1. The number of esters is 1. The topological polar surface area (TPSA) is 65.0 Å². The van der Waals surface area contributed by atoms with Crippen LogP contribution in [0.2, 0.25) is 0 Å². The first-order valence-corrected chi connectivity index (χ1v) is 6.79. The molecular weight excluding hydrogens is 278 g/mol. The third-order valence-corrected chi connectivity index (χ3v) is 3.13. The van der Waals surface area contributed by atoms with Crippen LogP contribution in [0.15, 0.2) is 66.9 Å². The Morgan fingerprint density at radius 1 is 0.955 bits per heavy atom. The van der Waals surface area contributed by atoms with E-state index in [1.165, 1.54) is 6.20 Å². The van der Waals surface area contributed by atoms with E-state index in [9.17, 15) is 4.79 Å². The molecule has 5 nitrogen and oxygen atoms in total. The van der Waals surface area contributed by atoms with Crippen LogP contribution >= 0.6 is 0 Å². The van der Waals surface area contributed by atoms with Crippen LogP contribution in [0.1, 0.15) is 16.1 Å². The van der Waals surface area contributed by atoms with Crippen LogP contribution in [0, 0.1) is 0 Å². The molecule has 0 saturated heterocycles. The van der Waals surface area contributed by atoms with E-state index in [1.807, 2.05) is 60.7 Å². The second-order valence-corrected chi connectivity index (χ2v) is 4.62. The standard InChI is InChI=1S/C17H13N3O2/c21-17(22-12-13-7-3-1-4-8-13)16-15(11-18-20-19-16)14-9-5-2-6-10-14/h1-11H,12H2. The maximum absolute atomic E-state index is 12.3. The zero-order chi connectivity index (χ0) is 15.2. The summed E-state index contributed by atoms with van der Waals surface area (Å²) in [4.78, 5) is 12.3. The molecular formula is C17H13N3O2. The molecule has 0 atom stereocenters. The highest BCUT2D eigenvalue weighted by Gasteiger charge is 2.17. The molecule has 1 heterocycles. The number of nitrogens with zero attached hydrogens (tertiary/aromatic N) is 3. The quantitative estimate of drug-likeness (QED) is 0.691. The van der Waals surface area contributed by atoms with Crippen molar-refractivity contribution in [3.05, 3.63) is 78.1 Å². The number of carbonyl (C=O) groups is 1. The van der Waals surface area contributed by atoms with E-state index >= 15 is 0 Å². The number of ether oxygens (including phenoxy) is 1. The molecule has 0 aliphatic rings. The lowest BCUT2D eigenvalue weighted by Crippen LogP contribution is -2.11. The molecule has 0 saturated carbocycles. The van der Waals surface area contributed by atoms with Crippen molar-refractivity contribution >= 4 is 5.97 Å². The predicted octanol–water partition coefficient (Wildman–Crippen LogP) is 2.90. The summed E-state index contributed by atoms with van der Waals surface area (Å²) in [6.07, 6.45) is 1.52. The molecule has 0 fully saturated rings. The molecule has 3 rings (SSSR count). The average Bonchev–Trinajstić information content (AvgIpc) is 2.61. The van der Waals surface area contributed by atoms with Crippen LogP contribution in [0.4, 0.5) is 0 Å². The van der Waals surface area contributed by atoms with Crippen molar-refractivity contribution in [3.63, 3.8) is 0 Å². The molecule has 0 bridgehead atoms. The Kier molecular flexibility index (Phi) is 4.15. The number of rotatable bonds is 4. The molecule has 2 aromatic carbocycles. The minimum Gasteiger partial charge on any atom is -0.456 e. The maximum atomic E-state index is 12.3. The Bertz CT molecular complexity index is 761. The molecule has 0 N–H and O–H groups in total. The smallest absolute Gasteiger partial charge is 0.359 e. The molecule has 0 unspecified atom stereocenters. The number of aromatic nitrogens is 3. The van der Waals surface area contributed by atoms with Crippen molar-refractivity contribution in [1.82, 2.24) is 15.4 Å². The van der Waals surface area contributed by atoms with Crippen molar-refractivity contribution in [2.24, 2.45) is 0 Å². The van der Waals surface area contributed by atoms with Crippen molar-refractivity contribution in [2.45, 2.75) is 6.61 Å². The van der Waals surface area contributed by atoms with Gasteiger partial charge in [0.15, 0.2) is 5.69 Å². The zero-order valence-corrected chi connectivity index (χ0v) is 11.7. The number of hydrogen-bond donors (Lipinski definition) is 0. The fourth-order valence-corrected chi connectivity index (χ4v) is 2.04. The second-order valence-electron chi connectivity index (χ2n) is 4.62. The van der Waals surface area contributed by atoms with Gasteiger partial charge in [-0.3, -0.25) is 0 Å². The fraction of sp³-hybridized carbons (Fsp3) is 0.0588. The van der Waals surface area contributed by atoms with Crippen LogP contribution in [-0.2, 0) is 11.3 Å². The van der Waals surface area contributed by atoms with E-state index in [2.05, 4.69) is 15.4 Å². The summed E-state index contributed by atoms with van der Waals surface area (Å²) < 4.78 is 5.31. The van der Waals surface area contributed by atoms with Gasteiger partial charge in [-0.15, -0.1) is 10.2 Å². The largest absolute Gasteiger partial charge is 0.456 e. The third kappa shape index (κ3) is 3.15. The molecule has 1 aromatic heterocycles. The summed E-state index contributed by atoms with van der Waals surface area (Å²) in [7, 11) is 0. The van der Waals surface area contributed by atoms with E-state index in [0.717, 1.165) is 11.1 Å². The Morgan fingerprint density at radius 3 is 2.36 bits per heavy atom. The molecule has 0 amide bonds. The van der Waals surface area contributed by atoms with Crippen molar-refractivity contribution in [2.75, 3.05) is 0 Å². The van der Waals surface area contributed by atoms with E-state index in [0.29, 0.717) is 5.56 Å². The number of hydrogen-bond acceptors (Lipinski definition) is 5. The molecule has 5 heteroatoms. The van der Waals surface area contributed by atoms with Crippen LogP contribution in [-0.4, -0.2) is 21.4 Å². The first-order chi connectivity index (χ1) is 10.8. The van der Waals surface area contributed by atoms with Crippen LogP contribution in [0.5, 0.6) is 0 Å². The van der Waals surface area contributed by atoms with Crippen molar-refractivity contribution < 1.29 is 9.53 Å². The Labute approximate surface area is 127 Å². The predicted molar refractivity (Wildman–Crippen MR) is 80.8 cm³/mol. The first kappa shape index (κ1) is 13.9. The average molecular weight is 291 g/mol. The molecule has 0 spiro atoms. The molecule has 0 radical (unpaired) electrons. The zero-order valence-electron chi connectivity index (χ0n) is 11.7. The van der Waals surface area contributed by atoms with Crippen LogP contribution in [0.25, 0.3) is 11.1 Å². The van der Waals surface area contributed by atoms with Gasteiger partial charge in [0.05, 0.1) is 6.20 Å².